The average Bonchev–Trinajstić information content (AvgIpc) is 2.57. The van der Waals surface area contributed by atoms with Gasteiger partial charge >= 0.3 is 8.60 Å². The zero-order valence-corrected chi connectivity index (χ0v) is 14.8. The molecule has 0 bridgehead atoms. The molecule has 3 rings (SSSR count). The Morgan fingerprint density at radius 3 is 0.957 bits per heavy atom. The molecule has 0 atom stereocenters. The van der Waals surface area contributed by atoms with Crippen LogP contribution in [0.4, 0.5) is 0 Å². The van der Waals surface area contributed by atoms with Gasteiger partial charge in [0.05, 0.1) is 0 Å². The van der Waals surface area contributed by atoms with Crippen molar-refractivity contribution in [1.29, 1.82) is 0 Å². The maximum absolute atomic E-state index is 5.88. The molecular formula is C18H16O3PPd+. The summed E-state index contributed by atoms with van der Waals surface area (Å²) in [5.41, 5.74) is 0. The minimum atomic E-state index is -2.00. The summed E-state index contributed by atoms with van der Waals surface area (Å²) in [6.45, 7) is 0. The third-order valence-corrected chi connectivity index (χ3v) is 4.04. The predicted octanol–water partition coefficient (Wildman–Crippen LogP) is 5.18. The van der Waals surface area contributed by atoms with E-state index in [0.717, 1.165) is 17.2 Å². The van der Waals surface area contributed by atoms with Crippen molar-refractivity contribution in [2.75, 3.05) is 0 Å². The summed E-state index contributed by atoms with van der Waals surface area (Å²) < 4.78 is 17.6. The van der Waals surface area contributed by atoms with Gasteiger partial charge in [0.1, 0.15) is 0 Å². The largest absolute Gasteiger partial charge is 0.528 e. The molecule has 0 heterocycles. The van der Waals surface area contributed by atoms with Crippen LogP contribution in [0.1, 0.15) is 0 Å². The molecule has 0 aliphatic rings. The Bertz CT molecular complexity index is 582. The van der Waals surface area contributed by atoms with Gasteiger partial charge in [0.2, 0.25) is 0 Å². The van der Waals surface area contributed by atoms with Crippen molar-refractivity contribution in [3.05, 3.63) is 91.0 Å². The topological polar surface area (TPSA) is 27.7 Å². The van der Waals surface area contributed by atoms with Crippen LogP contribution in [0.2, 0.25) is 0 Å². The van der Waals surface area contributed by atoms with E-state index in [1.165, 1.54) is 0 Å². The third-order valence-electron chi connectivity index (χ3n) is 2.83. The van der Waals surface area contributed by atoms with E-state index in [1.807, 2.05) is 91.0 Å². The monoisotopic (exact) mass is 417 g/mol. The SMILES string of the molecule is [Pd].c1ccc(O[PH+](Oc2ccccc2)Oc2ccccc2)cc1. The molecule has 0 amide bonds. The first-order chi connectivity index (χ1) is 10.9. The molecule has 0 unspecified atom stereocenters. The van der Waals surface area contributed by atoms with Gasteiger partial charge < -0.3 is 0 Å². The standard InChI is InChI=1S/C18H16O3P.Pd/c1-4-10-16(11-5-1)19-22(20-17-12-6-2-7-13-17)21-18-14-8-3-9-15-18;/h1-15,22H;/q+1;. The molecule has 5 heteroatoms. The molecule has 0 aliphatic carbocycles. The van der Waals surface area contributed by atoms with Crippen LogP contribution in [0.25, 0.3) is 0 Å². The van der Waals surface area contributed by atoms with Crippen molar-refractivity contribution in [1.82, 2.24) is 0 Å². The van der Waals surface area contributed by atoms with E-state index >= 15 is 0 Å². The van der Waals surface area contributed by atoms with Gasteiger partial charge in [-0.2, -0.15) is 0 Å². The number of hydrogen-bond donors (Lipinski definition) is 0. The first-order valence-corrected chi connectivity index (χ1v) is 8.18. The summed E-state index contributed by atoms with van der Waals surface area (Å²) >= 11 is 0. The maximum atomic E-state index is 5.88. The van der Waals surface area contributed by atoms with Crippen LogP contribution in [0, 0.1) is 0 Å². The first kappa shape index (κ1) is 17.5. The summed E-state index contributed by atoms with van der Waals surface area (Å²) in [6, 6.07) is 28.6. The van der Waals surface area contributed by atoms with E-state index in [2.05, 4.69) is 0 Å². The maximum Gasteiger partial charge on any atom is 0.528 e. The molecule has 0 N–H and O–H groups in total. The van der Waals surface area contributed by atoms with Crippen molar-refractivity contribution >= 4 is 8.60 Å². The van der Waals surface area contributed by atoms with Gasteiger partial charge in [-0.25, -0.2) is 0 Å². The molecule has 0 fully saturated rings. The van der Waals surface area contributed by atoms with Gasteiger partial charge in [0.15, 0.2) is 17.2 Å². The fourth-order valence-corrected chi connectivity index (χ4v) is 2.93. The fourth-order valence-electron chi connectivity index (χ4n) is 1.82. The number of benzene rings is 3. The molecular weight excluding hydrogens is 402 g/mol. The van der Waals surface area contributed by atoms with Crippen LogP contribution >= 0.6 is 8.60 Å². The zero-order chi connectivity index (χ0) is 15.0. The molecule has 3 aromatic rings. The van der Waals surface area contributed by atoms with Crippen LogP contribution in [-0.4, -0.2) is 0 Å². The minimum Gasteiger partial charge on any atom is -0.273 e. The Labute approximate surface area is 150 Å². The number of rotatable bonds is 6. The van der Waals surface area contributed by atoms with Crippen molar-refractivity contribution in [2.24, 2.45) is 0 Å². The molecule has 3 aromatic carbocycles. The van der Waals surface area contributed by atoms with Crippen molar-refractivity contribution < 1.29 is 34.0 Å². The van der Waals surface area contributed by atoms with E-state index in [0.29, 0.717) is 0 Å². The second kappa shape index (κ2) is 9.33. The Hall–Kier alpha value is -1.85. The molecule has 0 saturated carbocycles. The second-order valence-electron chi connectivity index (χ2n) is 4.50. The molecule has 120 valence electrons. The third kappa shape index (κ3) is 5.69. The summed E-state index contributed by atoms with van der Waals surface area (Å²) in [4.78, 5) is 0. The van der Waals surface area contributed by atoms with E-state index in [9.17, 15) is 0 Å². The van der Waals surface area contributed by atoms with Gasteiger partial charge in [-0.3, -0.25) is 13.6 Å². The summed E-state index contributed by atoms with van der Waals surface area (Å²) in [7, 11) is -2.00. The summed E-state index contributed by atoms with van der Waals surface area (Å²) in [5, 5.41) is 0. The molecule has 0 saturated heterocycles. The van der Waals surface area contributed by atoms with Gasteiger partial charge in [0, 0.05) is 20.4 Å². The van der Waals surface area contributed by atoms with E-state index in [-0.39, 0.29) is 20.4 Å². The smallest absolute Gasteiger partial charge is 0.273 e. The predicted molar refractivity (Wildman–Crippen MR) is 89.5 cm³/mol. The van der Waals surface area contributed by atoms with Crippen LogP contribution in [0.15, 0.2) is 91.0 Å². The Morgan fingerprint density at radius 2 is 0.696 bits per heavy atom. The molecule has 23 heavy (non-hydrogen) atoms. The van der Waals surface area contributed by atoms with Gasteiger partial charge in [-0.1, -0.05) is 54.6 Å². The van der Waals surface area contributed by atoms with Gasteiger partial charge in [-0.15, -0.1) is 0 Å². The molecule has 0 aliphatic heterocycles. The van der Waals surface area contributed by atoms with Crippen molar-refractivity contribution in [3.8, 4) is 17.2 Å². The van der Waals surface area contributed by atoms with Crippen LogP contribution in [0.5, 0.6) is 17.2 Å². The van der Waals surface area contributed by atoms with E-state index < -0.39 is 8.60 Å². The first-order valence-electron chi connectivity index (χ1n) is 6.96. The quantitative estimate of drug-likeness (QED) is 0.408. The molecule has 0 spiro atoms. The zero-order valence-electron chi connectivity index (χ0n) is 12.2. The minimum absolute atomic E-state index is 0. The Balaban J connectivity index is 0.00000192. The Morgan fingerprint density at radius 1 is 0.435 bits per heavy atom. The van der Waals surface area contributed by atoms with Crippen LogP contribution < -0.4 is 13.6 Å². The molecule has 3 nitrogen and oxygen atoms in total. The van der Waals surface area contributed by atoms with Gasteiger partial charge in [-0.05, 0) is 36.4 Å². The number of hydrogen-bond acceptors (Lipinski definition) is 3. The Kier molecular flexibility index (Phi) is 7.10. The van der Waals surface area contributed by atoms with Crippen LogP contribution in [-0.2, 0) is 20.4 Å². The normalized spacial score (nSPS) is 9.78. The fraction of sp³-hybridized carbons (Fsp3) is 0. The van der Waals surface area contributed by atoms with E-state index in [4.69, 9.17) is 13.6 Å². The number of para-hydroxylation sites is 3. The molecule has 0 radical (unpaired) electrons. The average molecular weight is 418 g/mol. The second-order valence-corrected chi connectivity index (χ2v) is 5.61. The van der Waals surface area contributed by atoms with Crippen molar-refractivity contribution in [2.45, 2.75) is 0 Å². The van der Waals surface area contributed by atoms with Crippen molar-refractivity contribution in [3.63, 3.8) is 0 Å². The summed E-state index contributed by atoms with van der Waals surface area (Å²) in [6.07, 6.45) is 0. The summed E-state index contributed by atoms with van der Waals surface area (Å²) in [5.74, 6) is 2.18. The van der Waals surface area contributed by atoms with Crippen LogP contribution in [0.3, 0.4) is 0 Å². The van der Waals surface area contributed by atoms with E-state index in [1.54, 1.807) is 0 Å². The molecule has 0 aromatic heterocycles. The van der Waals surface area contributed by atoms with Gasteiger partial charge in [0.25, 0.3) is 0 Å².